The molecule has 2 aliphatic rings. The lowest BCUT2D eigenvalue weighted by Gasteiger charge is -2.34. The van der Waals surface area contributed by atoms with Crippen molar-refractivity contribution in [2.75, 3.05) is 5.32 Å². The normalized spacial score (nSPS) is 24.0. The zero-order valence-electron chi connectivity index (χ0n) is 18.8. The number of urea groups is 1. The molecule has 2 N–H and O–H groups in total. The van der Waals surface area contributed by atoms with Gasteiger partial charge in [-0.2, -0.15) is 0 Å². The molecular weight excluding hydrogens is 410 g/mol. The van der Waals surface area contributed by atoms with Crippen molar-refractivity contribution in [3.05, 3.63) is 46.4 Å². The summed E-state index contributed by atoms with van der Waals surface area (Å²) in [4.78, 5) is 52.9. The van der Waals surface area contributed by atoms with Crippen molar-refractivity contribution in [2.45, 2.75) is 58.0 Å². The molecular formula is C23H29N5O4. The van der Waals surface area contributed by atoms with E-state index in [2.05, 4.69) is 17.6 Å². The van der Waals surface area contributed by atoms with E-state index in [1.165, 1.54) is 11.6 Å². The van der Waals surface area contributed by atoms with E-state index < -0.39 is 23.5 Å². The van der Waals surface area contributed by atoms with Gasteiger partial charge in [0.15, 0.2) is 0 Å². The zero-order valence-corrected chi connectivity index (χ0v) is 18.8. The zero-order chi connectivity index (χ0) is 23.2. The van der Waals surface area contributed by atoms with Crippen LogP contribution in [-0.4, -0.2) is 43.7 Å². The van der Waals surface area contributed by atoms with Gasteiger partial charge in [-0.15, -0.1) is 0 Å². The summed E-state index contributed by atoms with van der Waals surface area (Å²) in [6.45, 7) is 5.37. The molecule has 9 heteroatoms. The molecule has 1 aromatic carbocycles. The van der Waals surface area contributed by atoms with Crippen LogP contribution in [0.2, 0.25) is 0 Å². The van der Waals surface area contributed by atoms with Gasteiger partial charge in [0, 0.05) is 7.05 Å². The Morgan fingerprint density at radius 2 is 1.78 bits per heavy atom. The maximum atomic E-state index is 13.2. The Morgan fingerprint density at radius 3 is 2.41 bits per heavy atom. The molecule has 4 rings (SSSR count). The molecule has 2 aromatic rings. The van der Waals surface area contributed by atoms with Gasteiger partial charge in [-0.05, 0) is 57.6 Å². The predicted octanol–water partition coefficient (Wildman–Crippen LogP) is 2.31. The van der Waals surface area contributed by atoms with Gasteiger partial charge in [-0.25, -0.2) is 14.4 Å². The Balaban J connectivity index is 1.57. The molecule has 1 atom stereocenters. The third kappa shape index (κ3) is 3.41. The van der Waals surface area contributed by atoms with Crippen LogP contribution in [0.5, 0.6) is 0 Å². The summed E-state index contributed by atoms with van der Waals surface area (Å²) in [6, 6.07) is 7.49. The molecule has 1 saturated carbocycles. The number of rotatable bonds is 4. The molecule has 0 radical (unpaired) electrons. The van der Waals surface area contributed by atoms with Crippen LogP contribution < -0.4 is 16.2 Å². The fourth-order valence-corrected chi connectivity index (χ4v) is 4.64. The maximum absolute atomic E-state index is 13.2. The van der Waals surface area contributed by atoms with Crippen LogP contribution in [-0.2, 0) is 16.6 Å². The molecule has 2 fully saturated rings. The van der Waals surface area contributed by atoms with Crippen molar-refractivity contribution >= 4 is 23.5 Å². The summed E-state index contributed by atoms with van der Waals surface area (Å²) in [7, 11) is 1.73. The van der Waals surface area contributed by atoms with Crippen LogP contribution in [0.4, 0.5) is 10.5 Å². The molecule has 9 nitrogen and oxygen atoms in total. The highest BCUT2D eigenvalue weighted by atomic mass is 16.2. The van der Waals surface area contributed by atoms with Gasteiger partial charge in [0.2, 0.25) is 5.91 Å². The summed E-state index contributed by atoms with van der Waals surface area (Å²) in [5, 5.41) is 5.49. The number of imide groups is 1. The van der Waals surface area contributed by atoms with Gasteiger partial charge >= 0.3 is 6.03 Å². The first kappa shape index (κ1) is 21.9. The fourth-order valence-electron chi connectivity index (χ4n) is 4.64. The highest BCUT2D eigenvalue weighted by Crippen LogP contribution is 2.37. The smallest absolute Gasteiger partial charge is 0.323 e. The van der Waals surface area contributed by atoms with Crippen LogP contribution in [0.25, 0.3) is 5.69 Å². The van der Waals surface area contributed by atoms with Gasteiger partial charge in [0.25, 0.3) is 11.5 Å². The number of carbonyl (C=O) groups excluding carboxylic acids is 3. The molecule has 170 valence electrons. The first-order valence-corrected chi connectivity index (χ1v) is 11.0. The summed E-state index contributed by atoms with van der Waals surface area (Å²) in [5.74, 6) is -0.433. The lowest BCUT2D eigenvalue weighted by atomic mass is 9.77. The number of nitrogens with one attached hydrogen (secondary N) is 2. The number of aromatic nitrogens is 2. The van der Waals surface area contributed by atoms with Crippen molar-refractivity contribution in [1.29, 1.82) is 0 Å². The van der Waals surface area contributed by atoms with Gasteiger partial charge in [0.05, 0.1) is 11.4 Å². The molecule has 1 spiro atoms. The van der Waals surface area contributed by atoms with Crippen LogP contribution in [0, 0.1) is 12.8 Å². The number of anilines is 1. The second kappa shape index (κ2) is 7.96. The third-order valence-corrected chi connectivity index (χ3v) is 6.89. The number of para-hydroxylation sites is 1. The van der Waals surface area contributed by atoms with Crippen molar-refractivity contribution < 1.29 is 14.4 Å². The average molecular weight is 440 g/mol. The number of nitrogens with zero attached hydrogens (tertiary/aromatic N) is 3. The van der Waals surface area contributed by atoms with E-state index in [4.69, 9.17) is 0 Å². The first-order valence-electron chi connectivity index (χ1n) is 11.0. The molecule has 2 heterocycles. The van der Waals surface area contributed by atoms with E-state index in [1.807, 2.05) is 18.2 Å². The Hall–Kier alpha value is -3.36. The van der Waals surface area contributed by atoms with E-state index in [1.54, 1.807) is 30.8 Å². The summed E-state index contributed by atoms with van der Waals surface area (Å²) in [6.07, 6.45) is 2.84. The molecule has 0 bridgehead atoms. The standard InChI is InChI=1S/C23H29N5O4/c1-14-10-12-23(13-11-14)21(31)27(22(32)25-23)16(3)19(29)24-18-15(2)26(4)28(20(18)30)17-8-6-5-7-9-17/h5-9,14,16H,10-13H2,1-4H3,(H,24,29)(H,25,32)/t14?,16-,23?/m1/s1. The largest absolute Gasteiger partial charge is 0.325 e. The summed E-state index contributed by atoms with van der Waals surface area (Å²) < 4.78 is 3.12. The van der Waals surface area contributed by atoms with E-state index in [9.17, 15) is 19.2 Å². The van der Waals surface area contributed by atoms with E-state index in [-0.39, 0.29) is 17.2 Å². The Kier molecular flexibility index (Phi) is 5.44. The van der Waals surface area contributed by atoms with Gasteiger partial charge < -0.3 is 10.6 Å². The van der Waals surface area contributed by atoms with Gasteiger partial charge in [-0.3, -0.25) is 19.1 Å². The lowest BCUT2D eigenvalue weighted by Crippen LogP contribution is -2.51. The van der Waals surface area contributed by atoms with Crippen molar-refractivity contribution in [3.8, 4) is 5.69 Å². The van der Waals surface area contributed by atoms with Crippen molar-refractivity contribution in [2.24, 2.45) is 13.0 Å². The Bertz CT molecular complexity index is 1130. The quantitative estimate of drug-likeness (QED) is 0.713. The van der Waals surface area contributed by atoms with E-state index in [0.717, 1.165) is 17.7 Å². The minimum absolute atomic E-state index is 0.126. The highest BCUT2D eigenvalue weighted by molar-refractivity contribution is 6.11. The molecule has 1 aromatic heterocycles. The molecule has 1 saturated heterocycles. The number of hydrogen-bond acceptors (Lipinski definition) is 4. The second-order valence-electron chi connectivity index (χ2n) is 8.97. The SMILES string of the molecule is Cc1c(NC(=O)[C@@H](C)N2C(=O)NC3(CCC(C)CC3)C2=O)c(=O)n(-c2ccccc2)n1C. The van der Waals surface area contributed by atoms with Crippen molar-refractivity contribution in [1.82, 2.24) is 19.6 Å². The lowest BCUT2D eigenvalue weighted by molar-refractivity contribution is -0.137. The predicted molar refractivity (Wildman–Crippen MR) is 120 cm³/mol. The fraction of sp³-hybridized carbons (Fsp3) is 0.478. The molecule has 4 amide bonds. The van der Waals surface area contributed by atoms with Crippen LogP contribution in [0.3, 0.4) is 0 Å². The molecule has 1 aliphatic carbocycles. The van der Waals surface area contributed by atoms with Crippen LogP contribution in [0.1, 0.15) is 45.2 Å². The van der Waals surface area contributed by atoms with Crippen LogP contribution >= 0.6 is 0 Å². The molecule has 32 heavy (non-hydrogen) atoms. The van der Waals surface area contributed by atoms with Crippen LogP contribution in [0.15, 0.2) is 35.1 Å². The number of amides is 4. The monoisotopic (exact) mass is 439 g/mol. The average Bonchev–Trinajstić information content (AvgIpc) is 3.14. The summed E-state index contributed by atoms with van der Waals surface area (Å²) in [5.41, 5.74) is 0.0580. The Labute approximate surface area is 186 Å². The molecule has 0 unspecified atom stereocenters. The topological polar surface area (TPSA) is 105 Å². The van der Waals surface area contributed by atoms with Crippen molar-refractivity contribution in [3.63, 3.8) is 0 Å². The number of benzene rings is 1. The first-order chi connectivity index (χ1) is 15.2. The van der Waals surface area contributed by atoms with Gasteiger partial charge in [-0.1, -0.05) is 25.1 Å². The van der Waals surface area contributed by atoms with E-state index in [0.29, 0.717) is 30.1 Å². The van der Waals surface area contributed by atoms with E-state index >= 15 is 0 Å². The minimum Gasteiger partial charge on any atom is -0.323 e. The highest BCUT2D eigenvalue weighted by Gasteiger charge is 2.54. The third-order valence-electron chi connectivity index (χ3n) is 6.89. The Morgan fingerprint density at radius 1 is 1.16 bits per heavy atom. The second-order valence-corrected chi connectivity index (χ2v) is 8.97. The number of hydrogen-bond donors (Lipinski definition) is 2. The van der Waals surface area contributed by atoms with Gasteiger partial charge in [0.1, 0.15) is 17.3 Å². The number of carbonyl (C=O) groups is 3. The maximum Gasteiger partial charge on any atom is 0.325 e. The molecule has 1 aliphatic heterocycles. The minimum atomic E-state index is -1.05. The summed E-state index contributed by atoms with van der Waals surface area (Å²) >= 11 is 0.